The number of H-pyrrole nitrogens is 1. The molecule has 0 saturated carbocycles. The summed E-state index contributed by atoms with van der Waals surface area (Å²) in [7, 11) is 0. The minimum absolute atomic E-state index is 0.138. The van der Waals surface area contributed by atoms with Crippen molar-refractivity contribution in [3.05, 3.63) is 88.1 Å². The van der Waals surface area contributed by atoms with Crippen molar-refractivity contribution >= 4 is 39.4 Å². The van der Waals surface area contributed by atoms with Crippen LogP contribution in [0.2, 0.25) is 5.02 Å². The number of para-hydroxylation sites is 1. The Hall–Kier alpha value is -3.78. The van der Waals surface area contributed by atoms with E-state index in [0.29, 0.717) is 33.7 Å². The average Bonchev–Trinajstić information content (AvgIpc) is 3.26. The first-order valence-corrected chi connectivity index (χ1v) is 9.92. The van der Waals surface area contributed by atoms with Crippen LogP contribution in [0.15, 0.2) is 66.0 Å². The average molecular weight is 435 g/mol. The van der Waals surface area contributed by atoms with Gasteiger partial charge >= 0.3 is 0 Å². The monoisotopic (exact) mass is 434 g/mol. The molecular formula is C22H16ClFN6O. The van der Waals surface area contributed by atoms with E-state index in [-0.39, 0.29) is 16.5 Å². The Balaban J connectivity index is 1.73. The van der Waals surface area contributed by atoms with Crippen molar-refractivity contribution in [1.82, 2.24) is 24.5 Å². The predicted octanol–water partition coefficient (Wildman–Crippen LogP) is 4.62. The van der Waals surface area contributed by atoms with E-state index in [0.717, 1.165) is 0 Å². The number of anilines is 1. The smallest absolute Gasteiger partial charge is 0.264 e. The molecule has 31 heavy (non-hydrogen) atoms. The molecular weight excluding hydrogens is 419 g/mol. The first-order valence-electron chi connectivity index (χ1n) is 9.54. The second-order valence-corrected chi connectivity index (χ2v) is 7.44. The lowest BCUT2D eigenvalue weighted by Crippen LogP contribution is -2.26. The van der Waals surface area contributed by atoms with Crippen molar-refractivity contribution in [2.45, 2.75) is 13.0 Å². The number of aromatic amines is 1. The number of imidazole rings is 1. The second-order valence-electron chi connectivity index (χ2n) is 7.06. The van der Waals surface area contributed by atoms with Gasteiger partial charge in [0.05, 0.1) is 22.8 Å². The van der Waals surface area contributed by atoms with Crippen LogP contribution in [0.5, 0.6) is 0 Å². The van der Waals surface area contributed by atoms with Gasteiger partial charge in [0.15, 0.2) is 11.5 Å². The number of hydrogen-bond donors (Lipinski definition) is 2. The molecule has 0 saturated heterocycles. The van der Waals surface area contributed by atoms with Crippen molar-refractivity contribution in [3.63, 3.8) is 0 Å². The summed E-state index contributed by atoms with van der Waals surface area (Å²) in [6.07, 6.45) is 2.97. The van der Waals surface area contributed by atoms with Crippen LogP contribution in [-0.4, -0.2) is 24.5 Å². The Morgan fingerprint density at radius 2 is 1.94 bits per heavy atom. The van der Waals surface area contributed by atoms with E-state index in [1.54, 1.807) is 12.4 Å². The van der Waals surface area contributed by atoms with E-state index in [2.05, 4.69) is 25.3 Å². The molecule has 1 unspecified atom stereocenters. The molecule has 2 N–H and O–H groups in total. The molecule has 0 aliphatic heterocycles. The molecule has 0 fully saturated rings. The van der Waals surface area contributed by atoms with Crippen LogP contribution in [-0.2, 0) is 0 Å². The molecule has 154 valence electrons. The normalized spacial score (nSPS) is 12.4. The fourth-order valence-electron chi connectivity index (χ4n) is 3.67. The summed E-state index contributed by atoms with van der Waals surface area (Å²) in [5, 5.41) is 3.84. The number of nitrogens with one attached hydrogen (secondary N) is 2. The maximum atomic E-state index is 14.1. The van der Waals surface area contributed by atoms with Gasteiger partial charge in [-0.05, 0) is 36.6 Å². The lowest BCUT2D eigenvalue weighted by Gasteiger charge is -2.21. The number of pyridine rings is 1. The molecule has 9 heteroatoms. The molecule has 0 aliphatic rings. The van der Waals surface area contributed by atoms with Crippen molar-refractivity contribution in [3.8, 4) is 5.69 Å². The lowest BCUT2D eigenvalue weighted by atomic mass is 10.1. The maximum absolute atomic E-state index is 14.1. The van der Waals surface area contributed by atoms with E-state index in [9.17, 15) is 9.18 Å². The molecule has 5 rings (SSSR count). The van der Waals surface area contributed by atoms with Crippen LogP contribution < -0.4 is 10.9 Å². The third-order valence-corrected chi connectivity index (χ3v) is 5.51. The number of nitrogens with zero attached hydrogens (tertiary/aromatic N) is 4. The highest BCUT2D eigenvalue weighted by molar-refractivity contribution is 6.35. The van der Waals surface area contributed by atoms with Gasteiger partial charge in [-0.25, -0.2) is 19.3 Å². The third kappa shape index (κ3) is 3.21. The van der Waals surface area contributed by atoms with Crippen LogP contribution in [0, 0.1) is 5.82 Å². The van der Waals surface area contributed by atoms with Gasteiger partial charge in [0.25, 0.3) is 5.56 Å². The van der Waals surface area contributed by atoms with Crippen LogP contribution >= 0.6 is 11.6 Å². The topological polar surface area (TPSA) is 88.5 Å². The summed E-state index contributed by atoms with van der Waals surface area (Å²) in [6, 6.07) is 13.5. The Labute approximate surface area is 180 Å². The standard InChI is InChI=1S/C22H16ClFN6O/c1-12(29-21-19-20(26-10-25-19)27-11-28-21)16-9-13-7-8-15(24)18(23)17(13)22(31)30(16)14-5-3-2-4-6-14/h2-12H,1H3,(H2,25,26,27,28,29). The first kappa shape index (κ1) is 19.2. The Bertz CT molecular complexity index is 1480. The number of rotatable bonds is 4. The molecule has 0 radical (unpaired) electrons. The van der Waals surface area contributed by atoms with Crippen LogP contribution in [0.4, 0.5) is 10.2 Å². The molecule has 5 aromatic rings. The van der Waals surface area contributed by atoms with E-state index < -0.39 is 11.4 Å². The van der Waals surface area contributed by atoms with Gasteiger partial charge in [0.2, 0.25) is 0 Å². The Morgan fingerprint density at radius 1 is 1.13 bits per heavy atom. The van der Waals surface area contributed by atoms with Gasteiger partial charge in [-0.3, -0.25) is 9.36 Å². The van der Waals surface area contributed by atoms with E-state index in [1.165, 1.54) is 17.0 Å². The van der Waals surface area contributed by atoms with E-state index >= 15 is 0 Å². The van der Waals surface area contributed by atoms with E-state index in [1.807, 2.05) is 43.3 Å². The van der Waals surface area contributed by atoms with Gasteiger partial charge < -0.3 is 10.3 Å². The number of halogens is 2. The fraction of sp³-hybridized carbons (Fsp3) is 0.0909. The maximum Gasteiger partial charge on any atom is 0.264 e. The summed E-state index contributed by atoms with van der Waals surface area (Å²) in [5.41, 5.74) is 2.11. The number of aromatic nitrogens is 5. The van der Waals surface area contributed by atoms with Crippen LogP contribution in [0.1, 0.15) is 18.7 Å². The van der Waals surface area contributed by atoms with Crippen molar-refractivity contribution in [2.75, 3.05) is 5.32 Å². The van der Waals surface area contributed by atoms with Crippen LogP contribution in [0.25, 0.3) is 27.6 Å². The molecule has 0 amide bonds. The van der Waals surface area contributed by atoms with Crippen molar-refractivity contribution in [1.29, 1.82) is 0 Å². The van der Waals surface area contributed by atoms with Gasteiger partial charge in [0, 0.05) is 11.4 Å². The highest BCUT2D eigenvalue weighted by Gasteiger charge is 2.20. The van der Waals surface area contributed by atoms with E-state index in [4.69, 9.17) is 11.6 Å². The van der Waals surface area contributed by atoms with Crippen LogP contribution in [0.3, 0.4) is 0 Å². The molecule has 2 aromatic carbocycles. The molecule has 3 aromatic heterocycles. The number of fused-ring (bicyclic) bond motifs is 2. The summed E-state index contributed by atoms with van der Waals surface area (Å²) in [5.74, 6) is -0.0771. The SMILES string of the molecule is CC(Nc1ncnc2nc[nH]c12)c1cc2ccc(F)c(Cl)c2c(=O)n1-c1ccccc1. The van der Waals surface area contributed by atoms with Crippen molar-refractivity contribution < 1.29 is 4.39 Å². The Kier molecular flexibility index (Phi) is 4.63. The zero-order chi connectivity index (χ0) is 21.5. The molecule has 3 heterocycles. The van der Waals surface area contributed by atoms with Crippen molar-refractivity contribution in [2.24, 2.45) is 0 Å². The molecule has 0 aliphatic carbocycles. The summed E-state index contributed by atoms with van der Waals surface area (Å²) >= 11 is 6.17. The minimum atomic E-state index is -0.632. The predicted molar refractivity (Wildman–Crippen MR) is 118 cm³/mol. The molecule has 7 nitrogen and oxygen atoms in total. The number of benzene rings is 2. The third-order valence-electron chi connectivity index (χ3n) is 5.14. The van der Waals surface area contributed by atoms with Gasteiger partial charge in [-0.2, -0.15) is 0 Å². The minimum Gasteiger partial charge on any atom is -0.360 e. The highest BCUT2D eigenvalue weighted by Crippen LogP contribution is 2.29. The lowest BCUT2D eigenvalue weighted by molar-refractivity contribution is 0.629. The highest BCUT2D eigenvalue weighted by atomic mass is 35.5. The van der Waals surface area contributed by atoms with Gasteiger partial charge in [-0.1, -0.05) is 35.9 Å². The summed E-state index contributed by atoms with van der Waals surface area (Å²) in [6.45, 7) is 1.91. The Morgan fingerprint density at radius 3 is 2.74 bits per heavy atom. The quantitative estimate of drug-likeness (QED) is 0.431. The summed E-state index contributed by atoms with van der Waals surface area (Å²) in [4.78, 5) is 29.1. The zero-order valence-electron chi connectivity index (χ0n) is 16.3. The summed E-state index contributed by atoms with van der Waals surface area (Å²) < 4.78 is 15.6. The fourth-order valence-corrected chi connectivity index (χ4v) is 3.92. The largest absolute Gasteiger partial charge is 0.360 e. The van der Waals surface area contributed by atoms with Gasteiger partial charge in [0.1, 0.15) is 17.7 Å². The van der Waals surface area contributed by atoms with Gasteiger partial charge in [-0.15, -0.1) is 0 Å². The first-order chi connectivity index (χ1) is 15.0. The second kappa shape index (κ2) is 7.48. The molecule has 0 bridgehead atoms. The molecule has 1 atom stereocenters. The molecule has 0 spiro atoms. The zero-order valence-corrected chi connectivity index (χ0v) is 17.1. The number of hydrogen-bond acceptors (Lipinski definition) is 5.